The summed E-state index contributed by atoms with van der Waals surface area (Å²) in [7, 11) is 0. The van der Waals surface area contributed by atoms with E-state index in [1.165, 1.54) is 0 Å². The number of hydrogen-bond acceptors (Lipinski definition) is 2. The molecule has 1 atom stereocenters. The Morgan fingerprint density at radius 3 is 1.93 bits per heavy atom. The number of aliphatic hydroxyl groups is 1. The van der Waals surface area contributed by atoms with Crippen LogP contribution in [0.5, 0.6) is 0 Å². The summed E-state index contributed by atoms with van der Waals surface area (Å²) in [6, 6.07) is 0. The Labute approximate surface area is 94.7 Å². The Hall–Kier alpha value is -0.0800. The number of rotatable bonds is 2. The van der Waals surface area contributed by atoms with E-state index >= 15 is 0 Å². The molecule has 90 valence electrons. The highest BCUT2D eigenvalue weighted by Gasteiger charge is 2.35. The zero-order valence-electron chi connectivity index (χ0n) is 11.0. The summed E-state index contributed by atoms with van der Waals surface area (Å²) in [4.78, 5) is 2.52. The van der Waals surface area contributed by atoms with Crippen LogP contribution < -0.4 is 0 Å². The third-order valence-corrected chi connectivity index (χ3v) is 4.04. The van der Waals surface area contributed by atoms with Gasteiger partial charge in [0.1, 0.15) is 0 Å². The first-order valence-electron chi connectivity index (χ1n) is 6.25. The van der Waals surface area contributed by atoms with Gasteiger partial charge in [-0.1, -0.05) is 6.92 Å². The predicted octanol–water partition coefficient (Wildman–Crippen LogP) is 2.66. The van der Waals surface area contributed by atoms with Gasteiger partial charge in [-0.3, -0.25) is 4.90 Å². The van der Waals surface area contributed by atoms with Crippen LogP contribution in [0.15, 0.2) is 0 Å². The lowest BCUT2D eigenvalue weighted by atomic mass is 9.79. The van der Waals surface area contributed by atoms with Crippen LogP contribution in [0.1, 0.15) is 53.9 Å². The summed E-state index contributed by atoms with van der Waals surface area (Å²) in [5.74, 6) is 0.487. The topological polar surface area (TPSA) is 23.5 Å². The van der Waals surface area contributed by atoms with Crippen LogP contribution in [0, 0.1) is 5.92 Å². The first-order valence-corrected chi connectivity index (χ1v) is 6.25. The van der Waals surface area contributed by atoms with Crippen LogP contribution in [0.2, 0.25) is 0 Å². The summed E-state index contributed by atoms with van der Waals surface area (Å²) >= 11 is 0. The molecule has 1 aliphatic heterocycles. The molecule has 1 N–H and O–H groups in total. The SMILES string of the molecule is CCC(C)(O)C1CCN(C(C)(C)C)CC1. The largest absolute Gasteiger partial charge is 0.390 e. The molecule has 0 saturated carbocycles. The molecule has 15 heavy (non-hydrogen) atoms. The monoisotopic (exact) mass is 213 g/mol. The van der Waals surface area contributed by atoms with Crippen LogP contribution in [0.4, 0.5) is 0 Å². The quantitative estimate of drug-likeness (QED) is 0.762. The van der Waals surface area contributed by atoms with Crippen LogP contribution in [0.3, 0.4) is 0 Å². The van der Waals surface area contributed by atoms with Gasteiger partial charge in [0, 0.05) is 5.54 Å². The fourth-order valence-electron chi connectivity index (χ4n) is 2.46. The van der Waals surface area contributed by atoms with Crippen molar-refractivity contribution >= 4 is 0 Å². The highest BCUT2D eigenvalue weighted by molar-refractivity contribution is 4.88. The number of piperidine rings is 1. The summed E-state index contributed by atoms with van der Waals surface area (Å²) in [5.41, 5.74) is -0.174. The smallest absolute Gasteiger partial charge is 0.0646 e. The highest BCUT2D eigenvalue weighted by Crippen LogP contribution is 2.32. The van der Waals surface area contributed by atoms with Gasteiger partial charge in [-0.2, -0.15) is 0 Å². The molecule has 1 fully saturated rings. The van der Waals surface area contributed by atoms with E-state index in [4.69, 9.17) is 0 Å². The van der Waals surface area contributed by atoms with Crippen molar-refractivity contribution in [1.82, 2.24) is 4.90 Å². The predicted molar refractivity (Wildman–Crippen MR) is 65.0 cm³/mol. The molecule has 1 heterocycles. The van der Waals surface area contributed by atoms with Crippen molar-refractivity contribution in [3.63, 3.8) is 0 Å². The van der Waals surface area contributed by atoms with E-state index in [1.807, 2.05) is 6.92 Å². The molecule has 2 heteroatoms. The molecular formula is C13H27NO. The minimum atomic E-state index is -0.454. The van der Waals surface area contributed by atoms with Crippen LogP contribution in [0.25, 0.3) is 0 Å². The molecule has 0 aromatic rings. The third kappa shape index (κ3) is 3.18. The maximum absolute atomic E-state index is 10.2. The van der Waals surface area contributed by atoms with E-state index in [0.717, 1.165) is 32.4 Å². The van der Waals surface area contributed by atoms with E-state index in [2.05, 4.69) is 32.6 Å². The molecular weight excluding hydrogens is 186 g/mol. The first kappa shape index (κ1) is 13.0. The Balaban J connectivity index is 2.50. The van der Waals surface area contributed by atoms with Gasteiger partial charge >= 0.3 is 0 Å². The maximum atomic E-state index is 10.2. The minimum Gasteiger partial charge on any atom is -0.390 e. The van der Waals surface area contributed by atoms with Crippen molar-refractivity contribution in [2.45, 2.75) is 65.0 Å². The lowest BCUT2D eigenvalue weighted by Crippen LogP contribution is -2.49. The van der Waals surface area contributed by atoms with Crippen LogP contribution >= 0.6 is 0 Å². The molecule has 0 bridgehead atoms. The Morgan fingerprint density at radius 1 is 1.13 bits per heavy atom. The second-order valence-electron chi connectivity index (χ2n) is 6.14. The minimum absolute atomic E-state index is 0.281. The van der Waals surface area contributed by atoms with Gasteiger partial charge < -0.3 is 5.11 Å². The fourth-order valence-corrected chi connectivity index (χ4v) is 2.46. The van der Waals surface area contributed by atoms with Crippen molar-refractivity contribution in [2.24, 2.45) is 5.92 Å². The van der Waals surface area contributed by atoms with Crippen LogP contribution in [-0.4, -0.2) is 34.2 Å². The zero-order valence-corrected chi connectivity index (χ0v) is 11.0. The van der Waals surface area contributed by atoms with E-state index in [-0.39, 0.29) is 5.54 Å². The molecule has 1 unspecified atom stereocenters. The van der Waals surface area contributed by atoms with Crippen molar-refractivity contribution in [3.05, 3.63) is 0 Å². The molecule has 0 aromatic heterocycles. The normalized spacial score (nSPS) is 25.2. The van der Waals surface area contributed by atoms with Gasteiger partial charge in [-0.25, -0.2) is 0 Å². The third-order valence-electron chi connectivity index (χ3n) is 4.04. The zero-order chi connectivity index (χ0) is 11.7. The van der Waals surface area contributed by atoms with Crippen molar-refractivity contribution in [3.8, 4) is 0 Å². The molecule has 0 aliphatic carbocycles. The molecule has 0 aromatic carbocycles. The summed E-state index contributed by atoms with van der Waals surface area (Å²) < 4.78 is 0. The van der Waals surface area contributed by atoms with Gasteiger partial charge in [0.25, 0.3) is 0 Å². The molecule has 0 amide bonds. The Morgan fingerprint density at radius 2 is 1.60 bits per heavy atom. The van der Waals surface area contributed by atoms with E-state index < -0.39 is 5.60 Å². The van der Waals surface area contributed by atoms with E-state index in [9.17, 15) is 5.11 Å². The molecule has 1 aliphatic rings. The summed E-state index contributed by atoms with van der Waals surface area (Å²) in [6.07, 6.45) is 3.14. The molecule has 0 radical (unpaired) electrons. The Bertz CT molecular complexity index is 197. The van der Waals surface area contributed by atoms with E-state index in [1.54, 1.807) is 0 Å². The number of likely N-dealkylation sites (tertiary alicyclic amines) is 1. The number of nitrogens with zero attached hydrogens (tertiary/aromatic N) is 1. The van der Waals surface area contributed by atoms with Crippen molar-refractivity contribution < 1.29 is 5.11 Å². The molecule has 0 spiro atoms. The lowest BCUT2D eigenvalue weighted by molar-refractivity contribution is -0.0419. The standard InChI is InChI=1S/C13H27NO/c1-6-13(5,15)11-7-9-14(10-8-11)12(2,3)4/h11,15H,6-10H2,1-5H3. The van der Waals surface area contributed by atoms with Crippen LogP contribution in [-0.2, 0) is 0 Å². The average molecular weight is 213 g/mol. The van der Waals surface area contributed by atoms with Gasteiger partial charge in [0.2, 0.25) is 0 Å². The average Bonchev–Trinajstić information content (AvgIpc) is 2.17. The molecule has 1 rings (SSSR count). The maximum Gasteiger partial charge on any atom is 0.0646 e. The molecule has 1 saturated heterocycles. The summed E-state index contributed by atoms with van der Waals surface area (Å²) in [6.45, 7) is 13.1. The van der Waals surface area contributed by atoms with Gasteiger partial charge in [-0.15, -0.1) is 0 Å². The second kappa shape index (κ2) is 4.42. The molecule has 2 nitrogen and oxygen atoms in total. The second-order valence-corrected chi connectivity index (χ2v) is 6.14. The lowest BCUT2D eigenvalue weighted by Gasteiger charge is -2.44. The Kier molecular flexibility index (Phi) is 3.83. The fraction of sp³-hybridized carbons (Fsp3) is 1.00. The van der Waals surface area contributed by atoms with Gasteiger partial charge in [-0.05, 0) is 66.0 Å². The highest BCUT2D eigenvalue weighted by atomic mass is 16.3. The first-order chi connectivity index (χ1) is 6.77. The van der Waals surface area contributed by atoms with Crippen molar-refractivity contribution in [1.29, 1.82) is 0 Å². The number of hydrogen-bond donors (Lipinski definition) is 1. The summed E-state index contributed by atoms with van der Waals surface area (Å²) in [5, 5.41) is 10.2. The van der Waals surface area contributed by atoms with Gasteiger partial charge in [0.15, 0.2) is 0 Å². The van der Waals surface area contributed by atoms with Crippen molar-refractivity contribution in [2.75, 3.05) is 13.1 Å². The van der Waals surface area contributed by atoms with E-state index in [0.29, 0.717) is 5.92 Å². The van der Waals surface area contributed by atoms with Gasteiger partial charge in [0.05, 0.1) is 5.60 Å².